The minimum Gasteiger partial charge on any atom is -0.497 e. The highest BCUT2D eigenvalue weighted by molar-refractivity contribution is 7.92. The summed E-state index contributed by atoms with van der Waals surface area (Å²) in [6.45, 7) is 2.89. The Morgan fingerprint density at radius 1 is 1.08 bits per heavy atom. The fraction of sp³-hybridized carbons (Fsp3) is 0.269. The number of anilines is 1. The zero-order chi connectivity index (χ0) is 26.3. The highest BCUT2D eigenvalue weighted by Crippen LogP contribution is 2.29. The molecule has 3 aromatic rings. The summed E-state index contributed by atoms with van der Waals surface area (Å²) < 4.78 is 33.3. The topological polar surface area (TPSA) is 119 Å². The van der Waals surface area contributed by atoms with Gasteiger partial charge < -0.3 is 10.1 Å². The van der Waals surface area contributed by atoms with Gasteiger partial charge in [0.1, 0.15) is 12.3 Å². The molecule has 0 radical (unpaired) electrons. The number of benzene rings is 3. The van der Waals surface area contributed by atoms with Gasteiger partial charge in [-0.25, -0.2) is 8.42 Å². The summed E-state index contributed by atoms with van der Waals surface area (Å²) in [6.07, 6.45) is 1.44. The van der Waals surface area contributed by atoms with Crippen molar-refractivity contribution in [3.63, 3.8) is 0 Å². The highest BCUT2D eigenvalue weighted by Gasteiger charge is 2.29. The zero-order valence-corrected chi connectivity index (χ0v) is 21.2. The van der Waals surface area contributed by atoms with Gasteiger partial charge in [-0.3, -0.25) is 19.2 Å². The van der Waals surface area contributed by atoms with Gasteiger partial charge in [0.15, 0.2) is 0 Å². The Labute approximate surface area is 210 Å². The molecule has 1 N–H and O–H groups in total. The number of methoxy groups -OCH3 is 1. The van der Waals surface area contributed by atoms with Crippen LogP contribution < -0.4 is 14.4 Å². The van der Waals surface area contributed by atoms with E-state index in [1.807, 2.05) is 37.3 Å². The van der Waals surface area contributed by atoms with Gasteiger partial charge >= 0.3 is 0 Å². The second-order valence-electron chi connectivity index (χ2n) is 8.41. The molecule has 1 amide bonds. The number of nitrogens with one attached hydrogen (secondary N) is 1. The number of hydrogen-bond donors (Lipinski definition) is 1. The van der Waals surface area contributed by atoms with Crippen molar-refractivity contribution in [2.45, 2.75) is 37.6 Å². The van der Waals surface area contributed by atoms with Crippen LogP contribution in [-0.4, -0.2) is 38.9 Å². The summed E-state index contributed by atoms with van der Waals surface area (Å²) in [7, 11) is -2.82. The molecule has 3 aromatic carbocycles. The third-order valence-electron chi connectivity index (χ3n) is 5.73. The van der Waals surface area contributed by atoms with E-state index in [1.165, 1.54) is 38.3 Å². The first kappa shape index (κ1) is 26.7. The molecule has 0 aliphatic heterocycles. The SMILES string of the molecule is COc1ccc(N(CC(=O)N[C@H](C)CCc2ccccc2)S(=O)(=O)c2ccc(C)c([N+](=O)[O-])c2)cc1. The molecule has 0 aromatic heterocycles. The van der Waals surface area contributed by atoms with Crippen LogP contribution in [0.25, 0.3) is 0 Å². The molecular formula is C26H29N3O6S. The predicted octanol–water partition coefficient (Wildman–Crippen LogP) is 4.24. The Morgan fingerprint density at radius 3 is 2.36 bits per heavy atom. The standard InChI is InChI=1S/C26H29N3O6S/c1-19-9-16-24(17-25(19)29(31)32)36(33,34)28(22-12-14-23(35-3)15-13-22)18-26(30)27-20(2)10-11-21-7-5-4-6-8-21/h4-9,12-17,20H,10-11,18H2,1-3H3,(H,27,30)/t20-/m1/s1. The number of hydrogen-bond acceptors (Lipinski definition) is 6. The first-order valence-electron chi connectivity index (χ1n) is 11.4. The average Bonchev–Trinajstić information content (AvgIpc) is 2.86. The lowest BCUT2D eigenvalue weighted by Gasteiger charge is -2.25. The molecular weight excluding hydrogens is 482 g/mol. The maximum atomic E-state index is 13.6. The number of aryl methyl sites for hydroxylation is 2. The Bertz CT molecular complexity index is 1310. The number of sulfonamides is 1. The fourth-order valence-corrected chi connectivity index (χ4v) is 5.13. The van der Waals surface area contributed by atoms with Crippen LogP contribution >= 0.6 is 0 Å². The van der Waals surface area contributed by atoms with E-state index in [-0.39, 0.29) is 22.3 Å². The van der Waals surface area contributed by atoms with E-state index in [4.69, 9.17) is 4.74 Å². The molecule has 190 valence electrons. The lowest BCUT2D eigenvalue weighted by molar-refractivity contribution is -0.385. The van der Waals surface area contributed by atoms with Gasteiger partial charge in [-0.05, 0) is 62.6 Å². The van der Waals surface area contributed by atoms with Crippen LogP contribution in [0, 0.1) is 17.0 Å². The van der Waals surface area contributed by atoms with Gasteiger partial charge in [0, 0.05) is 17.7 Å². The molecule has 0 spiro atoms. The van der Waals surface area contributed by atoms with E-state index in [1.54, 1.807) is 12.1 Å². The summed E-state index contributed by atoms with van der Waals surface area (Å²) in [5.41, 5.74) is 1.39. The maximum absolute atomic E-state index is 13.6. The molecule has 0 fully saturated rings. The number of nitro benzene ring substituents is 1. The van der Waals surface area contributed by atoms with Crippen LogP contribution in [0.15, 0.2) is 77.7 Å². The lowest BCUT2D eigenvalue weighted by atomic mass is 10.1. The second kappa shape index (κ2) is 11.7. The highest BCUT2D eigenvalue weighted by atomic mass is 32.2. The molecule has 0 heterocycles. The minimum atomic E-state index is -4.31. The summed E-state index contributed by atoms with van der Waals surface area (Å²) in [5, 5.41) is 14.3. The smallest absolute Gasteiger partial charge is 0.273 e. The van der Waals surface area contributed by atoms with Gasteiger partial charge in [-0.15, -0.1) is 0 Å². The maximum Gasteiger partial charge on any atom is 0.273 e. The molecule has 0 aliphatic carbocycles. The molecule has 0 saturated heterocycles. The largest absolute Gasteiger partial charge is 0.497 e. The summed E-state index contributed by atoms with van der Waals surface area (Å²) >= 11 is 0. The Morgan fingerprint density at radius 2 is 1.75 bits per heavy atom. The van der Waals surface area contributed by atoms with Crippen LogP contribution in [0.1, 0.15) is 24.5 Å². The molecule has 10 heteroatoms. The van der Waals surface area contributed by atoms with Gasteiger partial charge in [-0.1, -0.05) is 36.4 Å². The van der Waals surface area contributed by atoms with E-state index in [9.17, 15) is 23.3 Å². The molecule has 0 unspecified atom stereocenters. The quantitative estimate of drug-likeness (QED) is 0.304. The predicted molar refractivity (Wildman–Crippen MR) is 138 cm³/mol. The number of nitrogens with zero attached hydrogens (tertiary/aromatic N) is 2. The Balaban J connectivity index is 1.85. The number of ether oxygens (including phenoxy) is 1. The molecule has 1 atom stereocenters. The first-order chi connectivity index (χ1) is 17.1. The number of rotatable bonds is 11. The number of carbonyl (C=O) groups excluding carboxylic acids is 1. The summed E-state index contributed by atoms with van der Waals surface area (Å²) in [6, 6.07) is 19.5. The van der Waals surface area contributed by atoms with Crippen LogP contribution in [0.2, 0.25) is 0 Å². The van der Waals surface area contributed by atoms with Crippen LogP contribution in [-0.2, 0) is 21.2 Å². The monoisotopic (exact) mass is 511 g/mol. The summed E-state index contributed by atoms with van der Waals surface area (Å²) in [4.78, 5) is 23.4. The van der Waals surface area contributed by atoms with E-state index in [2.05, 4.69) is 5.32 Å². The van der Waals surface area contributed by atoms with Crippen molar-refractivity contribution in [2.24, 2.45) is 0 Å². The van der Waals surface area contributed by atoms with Gasteiger partial charge in [-0.2, -0.15) is 0 Å². The van der Waals surface area contributed by atoms with Crippen molar-refractivity contribution in [3.05, 3.63) is 94.0 Å². The van der Waals surface area contributed by atoms with Crippen LogP contribution in [0.3, 0.4) is 0 Å². The molecule has 3 rings (SSSR count). The number of amides is 1. The van der Waals surface area contributed by atoms with Crippen molar-refractivity contribution in [2.75, 3.05) is 18.0 Å². The summed E-state index contributed by atoms with van der Waals surface area (Å²) in [5.74, 6) is 0.0256. The third-order valence-corrected chi connectivity index (χ3v) is 7.50. The fourth-order valence-electron chi connectivity index (χ4n) is 3.69. The zero-order valence-electron chi connectivity index (χ0n) is 20.4. The molecule has 36 heavy (non-hydrogen) atoms. The Kier molecular flexibility index (Phi) is 8.65. The van der Waals surface area contributed by atoms with Gasteiger partial charge in [0.2, 0.25) is 5.91 Å². The molecule has 0 bridgehead atoms. The van der Waals surface area contributed by atoms with Crippen molar-refractivity contribution in [1.29, 1.82) is 0 Å². The van der Waals surface area contributed by atoms with Crippen molar-refractivity contribution < 1.29 is 22.9 Å². The number of nitro groups is 1. The van der Waals surface area contributed by atoms with E-state index >= 15 is 0 Å². The van der Waals surface area contributed by atoms with E-state index in [0.717, 1.165) is 22.4 Å². The van der Waals surface area contributed by atoms with Crippen LogP contribution in [0.5, 0.6) is 5.75 Å². The number of carbonyl (C=O) groups is 1. The lowest BCUT2D eigenvalue weighted by Crippen LogP contribution is -2.43. The van der Waals surface area contributed by atoms with Crippen molar-refractivity contribution >= 4 is 27.3 Å². The first-order valence-corrected chi connectivity index (χ1v) is 12.8. The van der Waals surface area contributed by atoms with Crippen molar-refractivity contribution in [3.8, 4) is 5.75 Å². The van der Waals surface area contributed by atoms with Crippen LogP contribution in [0.4, 0.5) is 11.4 Å². The van der Waals surface area contributed by atoms with Crippen molar-refractivity contribution in [1.82, 2.24) is 5.32 Å². The molecule has 9 nitrogen and oxygen atoms in total. The third kappa shape index (κ3) is 6.60. The van der Waals surface area contributed by atoms with E-state index in [0.29, 0.717) is 17.7 Å². The second-order valence-corrected chi connectivity index (χ2v) is 10.3. The normalized spacial score (nSPS) is 12.0. The van der Waals surface area contributed by atoms with Gasteiger partial charge in [0.25, 0.3) is 15.7 Å². The minimum absolute atomic E-state index is 0.196. The molecule has 0 saturated carbocycles. The van der Waals surface area contributed by atoms with E-state index < -0.39 is 27.4 Å². The Hall–Kier alpha value is -3.92. The average molecular weight is 512 g/mol. The molecule has 0 aliphatic rings. The van der Waals surface area contributed by atoms with Gasteiger partial charge in [0.05, 0.1) is 22.6 Å².